The predicted molar refractivity (Wildman–Crippen MR) is 60.0 cm³/mol. The molecule has 84 valence electrons. The molecule has 0 spiro atoms. The number of rotatable bonds is 6. The van der Waals surface area contributed by atoms with E-state index in [1.165, 1.54) is 0 Å². The minimum Gasteiger partial charge on any atom is -0.340 e. The van der Waals surface area contributed by atoms with Gasteiger partial charge < -0.3 is 10.6 Å². The smallest absolute Gasteiger partial charge is 0.224 e. The molecule has 0 radical (unpaired) electrons. The number of hydrogen-bond donors (Lipinski definition) is 1. The molecule has 1 amide bonds. The fourth-order valence-electron chi connectivity index (χ4n) is 1.44. The van der Waals surface area contributed by atoms with Crippen LogP contribution in [0.4, 0.5) is 0 Å². The fourth-order valence-corrected chi connectivity index (χ4v) is 1.44. The minimum absolute atomic E-state index is 0.0145. The summed E-state index contributed by atoms with van der Waals surface area (Å²) < 4.78 is 0. The monoisotopic (exact) mass is 200 g/mol. The van der Waals surface area contributed by atoms with E-state index in [0.29, 0.717) is 12.5 Å². The van der Waals surface area contributed by atoms with Crippen molar-refractivity contribution in [1.29, 1.82) is 0 Å². The number of nitrogens with zero attached hydrogens (tertiary/aromatic N) is 1. The maximum atomic E-state index is 11.8. The van der Waals surface area contributed by atoms with Crippen molar-refractivity contribution in [3.63, 3.8) is 0 Å². The van der Waals surface area contributed by atoms with Crippen molar-refractivity contribution in [2.45, 2.75) is 59.0 Å². The molecule has 2 unspecified atom stereocenters. The van der Waals surface area contributed by atoms with Gasteiger partial charge in [-0.2, -0.15) is 0 Å². The molecule has 0 aliphatic rings. The molecule has 2 N–H and O–H groups in total. The Bertz CT molecular complexity index is 171. The van der Waals surface area contributed by atoms with E-state index in [1.54, 1.807) is 0 Å². The average molecular weight is 200 g/mol. The first-order valence-electron chi connectivity index (χ1n) is 5.61. The van der Waals surface area contributed by atoms with E-state index in [1.807, 2.05) is 18.7 Å². The van der Waals surface area contributed by atoms with E-state index in [0.717, 1.165) is 19.4 Å². The van der Waals surface area contributed by atoms with Crippen LogP contribution in [0.3, 0.4) is 0 Å². The lowest BCUT2D eigenvalue weighted by molar-refractivity contribution is -0.133. The van der Waals surface area contributed by atoms with Crippen molar-refractivity contribution in [3.8, 4) is 0 Å². The zero-order valence-electron chi connectivity index (χ0n) is 9.92. The van der Waals surface area contributed by atoms with Gasteiger partial charge in [-0.05, 0) is 26.7 Å². The molecule has 0 fully saturated rings. The number of carbonyl (C=O) groups excluding carboxylic acids is 1. The summed E-state index contributed by atoms with van der Waals surface area (Å²) in [5.41, 5.74) is 5.76. The summed E-state index contributed by atoms with van der Waals surface area (Å²) in [6, 6.07) is 0.345. The van der Waals surface area contributed by atoms with Crippen molar-refractivity contribution in [1.82, 2.24) is 4.90 Å². The summed E-state index contributed by atoms with van der Waals surface area (Å²) >= 11 is 0. The Kier molecular flexibility index (Phi) is 6.54. The number of amides is 1. The first kappa shape index (κ1) is 13.4. The molecule has 0 aliphatic carbocycles. The highest BCUT2D eigenvalue weighted by atomic mass is 16.2. The highest BCUT2D eigenvalue weighted by Crippen LogP contribution is 2.07. The largest absolute Gasteiger partial charge is 0.340 e. The summed E-state index contributed by atoms with van der Waals surface area (Å²) in [6.45, 7) is 8.99. The Morgan fingerprint density at radius 2 is 1.86 bits per heavy atom. The van der Waals surface area contributed by atoms with Crippen LogP contribution in [-0.2, 0) is 4.79 Å². The number of hydrogen-bond acceptors (Lipinski definition) is 2. The highest BCUT2D eigenvalue weighted by molar-refractivity contribution is 5.77. The third kappa shape index (κ3) is 4.09. The molecule has 14 heavy (non-hydrogen) atoms. The quantitative estimate of drug-likeness (QED) is 0.710. The van der Waals surface area contributed by atoms with Gasteiger partial charge in [-0.25, -0.2) is 0 Å². The van der Waals surface area contributed by atoms with Crippen LogP contribution >= 0.6 is 0 Å². The summed E-state index contributed by atoms with van der Waals surface area (Å²) in [5, 5.41) is 0. The van der Waals surface area contributed by atoms with Gasteiger partial charge in [-0.1, -0.05) is 13.8 Å². The lowest BCUT2D eigenvalue weighted by atomic mass is 10.1. The Hall–Kier alpha value is -0.570. The molecule has 3 heteroatoms. The van der Waals surface area contributed by atoms with Crippen molar-refractivity contribution in [2.75, 3.05) is 6.54 Å². The van der Waals surface area contributed by atoms with Gasteiger partial charge in [0.1, 0.15) is 0 Å². The van der Waals surface area contributed by atoms with Crippen LogP contribution in [0, 0.1) is 0 Å². The van der Waals surface area contributed by atoms with E-state index in [-0.39, 0.29) is 11.9 Å². The van der Waals surface area contributed by atoms with Crippen LogP contribution in [0.5, 0.6) is 0 Å². The fraction of sp³-hybridized carbons (Fsp3) is 0.909. The molecule has 0 heterocycles. The van der Waals surface area contributed by atoms with Crippen LogP contribution in [0.15, 0.2) is 0 Å². The molecule has 0 aromatic rings. The molecule has 0 bridgehead atoms. The van der Waals surface area contributed by atoms with Crippen LogP contribution in [0.25, 0.3) is 0 Å². The van der Waals surface area contributed by atoms with Gasteiger partial charge >= 0.3 is 0 Å². The second kappa shape index (κ2) is 6.82. The third-order valence-electron chi connectivity index (χ3n) is 2.75. The van der Waals surface area contributed by atoms with Gasteiger partial charge in [-0.15, -0.1) is 0 Å². The summed E-state index contributed by atoms with van der Waals surface area (Å²) in [7, 11) is 0. The Morgan fingerprint density at radius 1 is 1.29 bits per heavy atom. The summed E-state index contributed by atoms with van der Waals surface area (Å²) in [5.74, 6) is 0.191. The molecule has 2 atom stereocenters. The highest BCUT2D eigenvalue weighted by Gasteiger charge is 2.18. The first-order chi connectivity index (χ1) is 6.56. The molecular formula is C11H24N2O. The lowest BCUT2D eigenvalue weighted by Gasteiger charge is -2.28. The predicted octanol–water partition coefficient (Wildman–Crippen LogP) is 1.76. The van der Waals surface area contributed by atoms with E-state index < -0.39 is 0 Å². The van der Waals surface area contributed by atoms with Gasteiger partial charge in [0.05, 0.1) is 0 Å². The maximum Gasteiger partial charge on any atom is 0.224 e. The first-order valence-corrected chi connectivity index (χ1v) is 5.61. The second-order valence-electron chi connectivity index (χ2n) is 3.81. The van der Waals surface area contributed by atoms with E-state index in [4.69, 9.17) is 5.73 Å². The average Bonchev–Trinajstić information content (AvgIpc) is 2.18. The summed E-state index contributed by atoms with van der Waals surface area (Å²) in [6.07, 6.45) is 2.35. The van der Waals surface area contributed by atoms with Crippen molar-refractivity contribution in [2.24, 2.45) is 5.73 Å². The van der Waals surface area contributed by atoms with Crippen LogP contribution in [0.1, 0.15) is 47.0 Å². The molecule has 0 saturated carbocycles. The lowest BCUT2D eigenvalue weighted by Crippen LogP contribution is -2.40. The zero-order chi connectivity index (χ0) is 11.1. The van der Waals surface area contributed by atoms with Crippen LogP contribution in [0.2, 0.25) is 0 Å². The van der Waals surface area contributed by atoms with Crippen LogP contribution in [-0.4, -0.2) is 29.4 Å². The summed E-state index contributed by atoms with van der Waals surface area (Å²) in [4.78, 5) is 13.7. The van der Waals surface area contributed by atoms with Crippen LogP contribution < -0.4 is 5.73 Å². The molecular weight excluding hydrogens is 176 g/mol. The molecule has 0 aromatic heterocycles. The Labute approximate surface area is 87.6 Å². The molecule has 0 saturated heterocycles. The van der Waals surface area contributed by atoms with Gasteiger partial charge in [0.25, 0.3) is 0 Å². The molecule has 0 aromatic carbocycles. The van der Waals surface area contributed by atoms with Crippen molar-refractivity contribution >= 4 is 5.91 Å². The van der Waals surface area contributed by atoms with Gasteiger partial charge in [-0.3, -0.25) is 4.79 Å². The second-order valence-corrected chi connectivity index (χ2v) is 3.81. The maximum absolute atomic E-state index is 11.8. The molecule has 0 rings (SSSR count). The molecule has 3 nitrogen and oxygen atoms in total. The van der Waals surface area contributed by atoms with Gasteiger partial charge in [0.15, 0.2) is 0 Å². The van der Waals surface area contributed by atoms with E-state index in [9.17, 15) is 4.79 Å². The minimum atomic E-state index is 0.0145. The molecule has 0 aliphatic heterocycles. The Morgan fingerprint density at radius 3 is 2.21 bits per heavy atom. The topological polar surface area (TPSA) is 46.3 Å². The Balaban J connectivity index is 4.17. The van der Waals surface area contributed by atoms with Crippen molar-refractivity contribution in [3.05, 3.63) is 0 Å². The van der Waals surface area contributed by atoms with Gasteiger partial charge in [0.2, 0.25) is 5.91 Å². The number of nitrogens with two attached hydrogens (primary N) is 1. The standard InChI is InChI=1S/C11H24N2O/c1-5-9(4)13(7-3)11(14)8-10(12)6-2/h9-10H,5-8,12H2,1-4H3. The normalized spacial score (nSPS) is 14.9. The van der Waals surface area contributed by atoms with E-state index >= 15 is 0 Å². The van der Waals surface area contributed by atoms with Crippen molar-refractivity contribution < 1.29 is 4.79 Å². The third-order valence-corrected chi connectivity index (χ3v) is 2.75. The number of carbonyl (C=O) groups is 1. The van der Waals surface area contributed by atoms with Gasteiger partial charge in [0, 0.05) is 25.0 Å². The van der Waals surface area contributed by atoms with E-state index in [2.05, 4.69) is 13.8 Å². The SMILES string of the molecule is CCC(N)CC(=O)N(CC)C(C)CC. The zero-order valence-corrected chi connectivity index (χ0v) is 9.92.